The maximum atomic E-state index is 9.55. The van der Waals surface area contributed by atoms with Crippen molar-refractivity contribution < 1.29 is 19.5 Å². The minimum absolute atomic E-state index is 0.0314. The predicted octanol–water partition coefficient (Wildman–Crippen LogP) is 2.89. The first-order valence-electron chi connectivity index (χ1n) is 12.0. The molecule has 1 saturated heterocycles. The molecule has 0 amide bonds. The van der Waals surface area contributed by atoms with E-state index in [1.165, 1.54) is 0 Å². The van der Waals surface area contributed by atoms with Crippen LogP contribution in [-0.2, 0) is 7.05 Å². The number of fused-ring (bicyclic) bond motifs is 1. The molecule has 0 saturated carbocycles. The Morgan fingerprint density at radius 1 is 1.03 bits per heavy atom. The second kappa shape index (κ2) is 10.0. The number of aryl methyl sites for hydroxylation is 1. The summed E-state index contributed by atoms with van der Waals surface area (Å²) in [6, 6.07) is 17.9. The molecule has 8 heteroatoms. The molecule has 1 aliphatic rings. The average Bonchev–Trinajstić information content (AvgIpc) is 3.29. The number of rotatable bonds is 7. The van der Waals surface area contributed by atoms with Gasteiger partial charge in [0.05, 0.1) is 26.3 Å². The van der Waals surface area contributed by atoms with Crippen LogP contribution in [-0.4, -0.2) is 57.0 Å². The summed E-state index contributed by atoms with van der Waals surface area (Å²) < 4.78 is 10.1. The van der Waals surface area contributed by atoms with E-state index >= 15 is 0 Å². The number of likely N-dealkylation sites (tertiary alicyclic amines) is 1. The third-order valence-corrected chi connectivity index (χ3v) is 6.97. The van der Waals surface area contributed by atoms with Gasteiger partial charge >= 0.3 is 0 Å². The number of nitrogens with zero attached hydrogens (tertiary/aromatic N) is 4. The quantitative estimate of drug-likeness (QED) is 0.356. The lowest BCUT2D eigenvalue weighted by molar-refractivity contribution is -0.658. The van der Waals surface area contributed by atoms with Gasteiger partial charge in [-0.15, -0.1) is 0 Å². The molecular formula is C27H32N5O3+. The highest BCUT2D eigenvalue weighted by molar-refractivity contribution is 5.99. The topological polar surface area (TPSA) is 101 Å². The number of benzene rings is 2. The molecule has 0 unspecified atom stereocenters. The molecule has 2 aromatic carbocycles. The van der Waals surface area contributed by atoms with E-state index in [9.17, 15) is 10.2 Å². The second-order valence-electron chi connectivity index (χ2n) is 9.11. The van der Waals surface area contributed by atoms with E-state index in [4.69, 9.17) is 15.5 Å². The summed E-state index contributed by atoms with van der Waals surface area (Å²) in [5.41, 5.74) is 9.51. The molecule has 0 spiro atoms. The molecule has 3 heterocycles. The molecule has 2 aromatic heterocycles. The maximum absolute atomic E-state index is 9.55. The van der Waals surface area contributed by atoms with Crippen molar-refractivity contribution >= 4 is 16.9 Å². The Morgan fingerprint density at radius 3 is 2.34 bits per heavy atom. The van der Waals surface area contributed by atoms with Crippen molar-refractivity contribution in [2.75, 3.05) is 32.0 Å². The van der Waals surface area contributed by atoms with Crippen molar-refractivity contribution in [1.82, 2.24) is 14.5 Å². The smallest absolute Gasteiger partial charge is 0.232 e. The molecule has 8 nitrogen and oxygen atoms in total. The van der Waals surface area contributed by atoms with Gasteiger partial charge in [-0.3, -0.25) is 4.90 Å². The summed E-state index contributed by atoms with van der Waals surface area (Å²) in [5.74, 6) is 2.25. The molecule has 1 fully saturated rings. The first-order chi connectivity index (χ1) is 17.1. The predicted molar refractivity (Wildman–Crippen MR) is 135 cm³/mol. The molecule has 0 radical (unpaired) electrons. The maximum Gasteiger partial charge on any atom is 0.232 e. The summed E-state index contributed by atoms with van der Waals surface area (Å²) in [6.07, 6.45) is 5.74. The number of hydrogen-bond acceptors (Lipinski definition) is 6. The zero-order valence-electron chi connectivity index (χ0n) is 19.9. The lowest BCUT2D eigenvalue weighted by Crippen LogP contribution is -2.45. The second-order valence-corrected chi connectivity index (χ2v) is 9.11. The Bertz CT molecular complexity index is 1280. The SMILES string of the molecule is C[n+]1cnc2c(c(-c3ccc(Oc4ccccc4)cc3)cn2C2CCN(C(CO)CO)CC2)c1N. The van der Waals surface area contributed by atoms with E-state index in [1.807, 2.05) is 54.1 Å². The lowest BCUT2D eigenvalue weighted by atomic mass is 10.0. The molecule has 35 heavy (non-hydrogen) atoms. The van der Waals surface area contributed by atoms with Crippen molar-refractivity contribution in [3.63, 3.8) is 0 Å². The number of nitrogens with two attached hydrogens (primary N) is 1. The molecule has 0 aliphatic carbocycles. The minimum atomic E-state index is -0.197. The first kappa shape index (κ1) is 23.3. The number of anilines is 1. The van der Waals surface area contributed by atoms with Gasteiger partial charge in [-0.2, -0.15) is 0 Å². The monoisotopic (exact) mass is 474 g/mol. The normalized spacial score (nSPS) is 15.2. The van der Waals surface area contributed by atoms with E-state index in [0.29, 0.717) is 5.82 Å². The highest BCUT2D eigenvalue weighted by atomic mass is 16.5. The summed E-state index contributed by atoms with van der Waals surface area (Å²) in [5, 5.41) is 20.0. The zero-order chi connectivity index (χ0) is 24.4. The number of aliphatic hydroxyl groups is 2. The van der Waals surface area contributed by atoms with Crippen molar-refractivity contribution in [1.29, 1.82) is 0 Å². The van der Waals surface area contributed by atoms with Crippen LogP contribution in [0.1, 0.15) is 18.9 Å². The number of nitrogen functional groups attached to an aromatic ring is 1. The van der Waals surface area contributed by atoms with Crippen molar-refractivity contribution in [3.8, 4) is 22.6 Å². The van der Waals surface area contributed by atoms with Gasteiger partial charge in [0, 0.05) is 30.9 Å². The van der Waals surface area contributed by atoms with E-state index in [-0.39, 0.29) is 25.3 Å². The highest BCUT2D eigenvalue weighted by Crippen LogP contribution is 2.37. The van der Waals surface area contributed by atoms with Crippen molar-refractivity contribution in [2.24, 2.45) is 7.05 Å². The fourth-order valence-corrected chi connectivity index (χ4v) is 4.92. The molecule has 4 N–H and O–H groups in total. The highest BCUT2D eigenvalue weighted by Gasteiger charge is 2.29. The number of aromatic nitrogens is 3. The molecule has 0 bridgehead atoms. The summed E-state index contributed by atoms with van der Waals surface area (Å²) in [7, 11) is 1.90. The summed E-state index contributed by atoms with van der Waals surface area (Å²) in [6.45, 7) is 1.56. The Labute approximate surface area is 204 Å². The zero-order valence-corrected chi connectivity index (χ0v) is 19.9. The number of hydrogen-bond donors (Lipinski definition) is 3. The largest absolute Gasteiger partial charge is 0.457 e. The van der Waals surface area contributed by atoms with Crippen molar-refractivity contribution in [3.05, 3.63) is 67.1 Å². The van der Waals surface area contributed by atoms with E-state index < -0.39 is 0 Å². The van der Waals surface area contributed by atoms with Crippen LogP contribution in [0.15, 0.2) is 67.1 Å². The first-order valence-corrected chi connectivity index (χ1v) is 12.0. The Balaban J connectivity index is 1.46. The summed E-state index contributed by atoms with van der Waals surface area (Å²) >= 11 is 0. The van der Waals surface area contributed by atoms with E-state index in [0.717, 1.165) is 59.6 Å². The molecule has 0 atom stereocenters. The van der Waals surface area contributed by atoms with E-state index in [2.05, 4.69) is 27.8 Å². The van der Waals surface area contributed by atoms with Gasteiger partial charge in [0.1, 0.15) is 16.9 Å². The van der Waals surface area contributed by atoms with Gasteiger partial charge in [-0.25, -0.2) is 4.57 Å². The van der Waals surface area contributed by atoms with E-state index in [1.54, 1.807) is 6.33 Å². The van der Waals surface area contributed by atoms with Crippen LogP contribution in [0.3, 0.4) is 0 Å². The van der Waals surface area contributed by atoms with Crippen LogP contribution in [0.25, 0.3) is 22.2 Å². The van der Waals surface area contributed by atoms with Gasteiger partial charge in [0.2, 0.25) is 17.8 Å². The molecule has 1 aliphatic heterocycles. The minimum Gasteiger partial charge on any atom is -0.457 e. The van der Waals surface area contributed by atoms with Gasteiger partial charge in [0.25, 0.3) is 0 Å². The Morgan fingerprint density at radius 2 is 1.69 bits per heavy atom. The third-order valence-electron chi connectivity index (χ3n) is 6.97. The fraction of sp³-hybridized carbons (Fsp3) is 0.333. The van der Waals surface area contributed by atoms with Crippen LogP contribution in [0.2, 0.25) is 0 Å². The van der Waals surface area contributed by atoms with Crippen LogP contribution < -0.4 is 15.0 Å². The van der Waals surface area contributed by atoms with Crippen LogP contribution >= 0.6 is 0 Å². The lowest BCUT2D eigenvalue weighted by Gasteiger charge is -2.36. The number of aliphatic hydroxyl groups excluding tert-OH is 2. The standard InChI is InChI=1S/C27H31N5O3/c1-30-18-29-27-25(26(30)28)24(15-32(27)20-11-13-31(14-12-20)21(16-33)17-34)19-7-9-23(10-8-19)35-22-5-3-2-4-6-22/h2-10,15,18,20-21,28,33-34H,11-14,16-17H2,1H3/p+1. The molecule has 5 rings (SSSR count). The van der Waals surface area contributed by atoms with Gasteiger partial charge in [0.15, 0.2) is 0 Å². The average molecular weight is 475 g/mol. The van der Waals surface area contributed by atoms with Crippen LogP contribution in [0.5, 0.6) is 11.5 Å². The Hall–Kier alpha value is -3.46. The van der Waals surface area contributed by atoms with Gasteiger partial charge in [-0.05, 0) is 42.7 Å². The van der Waals surface area contributed by atoms with Gasteiger partial charge in [-0.1, -0.05) is 35.3 Å². The number of para-hydroxylation sites is 1. The number of ether oxygens (including phenoxy) is 1. The number of piperidine rings is 1. The molecule has 182 valence electrons. The van der Waals surface area contributed by atoms with Gasteiger partial charge < -0.3 is 25.3 Å². The summed E-state index contributed by atoms with van der Waals surface area (Å²) in [4.78, 5) is 6.91. The molecule has 4 aromatic rings. The van der Waals surface area contributed by atoms with Crippen molar-refractivity contribution in [2.45, 2.75) is 24.9 Å². The fourth-order valence-electron chi connectivity index (χ4n) is 4.92. The Kier molecular flexibility index (Phi) is 6.68. The van der Waals surface area contributed by atoms with Crippen LogP contribution in [0.4, 0.5) is 5.82 Å². The van der Waals surface area contributed by atoms with Crippen LogP contribution in [0, 0.1) is 0 Å². The third kappa shape index (κ3) is 4.60. The molecular weight excluding hydrogens is 442 g/mol.